The Morgan fingerprint density at radius 3 is 3.14 bits per heavy atom. The Balaban J connectivity index is 1.64. The molecule has 1 aliphatic rings. The van der Waals surface area contributed by atoms with Gasteiger partial charge in [0.05, 0.1) is 23.7 Å². The first-order valence-corrected chi connectivity index (χ1v) is 6.80. The number of hydrogen-bond acceptors (Lipinski definition) is 5. The summed E-state index contributed by atoms with van der Waals surface area (Å²) < 4.78 is 7.34. The molecule has 0 fully saturated rings. The molecule has 0 aliphatic carbocycles. The van der Waals surface area contributed by atoms with Gasteiger partial charge in [0, 0.05) is 24.9 Å². The molecule has 0 bridgehead atoms. The number of pyridine rings is 1. The summed E-state index contributed by atoms with van der Waals surface area (Å²) in [4.78, 5) is 19.8. The zero-order chi connectivity index (χ0) is 15.1. The van der Waals surface area contributed by atoms with Crippen molar-refractivity contribution in [2.45, 2.75) is 0 Å². The molecule has 3 heterocycles. The summed E-state index contributed by atoms with van der Waals surface area (Å²) in [6, 6.07) is 7.44. The van der Waals surface area contributed by atoms with Gasteiger partial charge in [-0.3, -0.25) is 4.79 Å². The fourth-order valence-corrected chi connectivity index (χ4v) is 2.40. The maximum atomic E-state index is 11.3. The van der Waals surface area contributed by atoms with Crippen molar-refractivity contribution in [2.24, 2.45) is 7.05 Å². The summed E-state index contributed by atoms with van der Waals surface area (Å²) in [6.07, 6.45) is 3.48. The number of hydrogen-bond donors (Lipinski definition) is 2. The van der Waals surface area contributed by atoms with Crippen molar-refractivity contribution in [1.82, 2.24) is 14.5 Å². The summed E-state index contributed by atoms with van der Waals surface area (Å²) in [5.41, 5.74) is 3.37. The van der Waals surface area contributed by atoms with E-state index in [0.29, 0.717) is 11.4 Å². The van der Waals surface area contributed by atoms with Crippen LogP contribution in [0, 0.1) is 0 Å². The number of nitrogens with zero attached hydrogens (tertiary/aromatic N) is 3. The zero-order valence-electron chi connectivity index (χ0n) is 11.8. The number of benzene rings is 1. The molecule has 2 aromatic heterocycles. The Hall–Kier alpha value is -3.09. The number of imidazole rings is 1. The highest BCUT2D eigenvalue weighted by Crippen LogP contribution is 2.31. The van der Waals surface area contributed by atoms with E-state index in [9.17, 15) is 4.79 Å². The van der Waals surface area contributed by atoms with Gasteiger partial charge in [0.2, 0.25) is 0 Å². The molecule has 0 unspecified atom stereocenters. The SMILES string of the molecule is Cn1cnc2cnc(Nc3ccc4c(c3)OCC(=O)N4)cc21. The van der Waals surface area contributed by atoms with E-state index in [4.69, 9.17) is 4.74 Å². The third-order valence-electron chi connectivity index (χ3n) is 3.50. The number of aryl methyl sites for hydroxylation is 1. The summed E-state index contributed by atoms with van der Waals surface area (Å²) in [7, 11) is 1.94. The molecule has 7 heteroatoms. The largest absolute Gasteiger partial charge is 0.482 e. The number of anilines is 3. The van der Waals surface area contributed by atoms with Gasteiger partial charge in [-0.15, -0.1) is 0 Å². The van der Waals surface area contributed by atoms with Crippen LogP contribution < -0.4 is 15.4 Å². The summed E-state index contributed by atoms with van der Waals surface area (Å²) in [6.45, 7) is 0.0374. The maximum absolute atomic E-state index is 11.3. The van der Waals surface area contributed by atoms with Crippen molar-refractivity contribution in [3.05, 3.63) is 36.8 Å². The molecule has 0 atom stereocenters. The first-order valence-electron chi connectivity index (χ1n) is 6.80. The Labute approximate surface area is 125 Å². The van der Waals surface area contributed by atoms with E-state index in [0.717, 1.165) is 22.5 Å². The first kappa shape index (κ1) is 12.6. The fourth-order valence-electron chi connectivity index (χ4n) is 2.40. The van der Waals surface area contributed by atoms with E-state index in [2.05, 4.69) is 20.6 Å². The number of carbonyl (C=O) groups excluding carboxylic acids is 1. The molecule has 7 nitrogen and oxygen atoms in total. The topological polar surface area (TPSA) is 81.1 Å². The highest BCUT2D eigenvalue weighted by atomic mass is 16.5. The van der Waals surface area contributed by atoms with Crippen molar-refractivity contribution < 1.29 is 9.53 Å². The predicted octanol–water partition coefficient (Wildman–Crippen LogP) is 2.04. The van der Waals surface area contributed by atoms with Crippen LogP contribution in [-0.4, -0.2) is 27.0 Å². The van der Waals surface area contributed by atoms with Crippen LogP contribution in [-0.2, 0) is 11.8 Å². The molecule has 110 valence electrons. The predicted molar refractivity (Wildman–Crippen MR) is 82.4 cm³/mol. The van der Waals surface area contributed by atoms with Gasteiger partial charge in [0.25, 0.3) is 5.91 Å². The molecule has 22 heavy (non-hydrogen) atoms. The molecule has 2 N–H and O–H groups in total. The lowest BCUT2D eigenvalue weighted by atomic mass is 10.2. The van der Waals surface area contributed by atoms with E-state index in [1.54, 1.807) is 18.6 Å². The number of amides is 1. The van der Waals surface area contributed by atoms with E-state index in [1.165, 1.54) is 0 Å². The molecule has 0 spiro atoms. The highest BCUT2D eigenvalue weighted by Gasteiger charge is 2.16. The van der Waals surface area contributed by atoms with Gasteiger partial charge < -0.3 is 19.9 Å². The van der Waals surface area contributed by atoms with Crippen LogP contribution in [0.3, 0.4) is 0 Å². The average molecular weight is 295 g/mol. The lowest BCUT2D eigenvalue weighted by Gasteiger charge is -2.18. The third-order valence-corrected chi connectivity index (χ3v) is 3.50. The van der Waals surface area contributed by atoms with Crippen molar-refractivity contribution >= 4 is 34.1 Å². The minimum Gasteiger partial charge on any atom is -0.482 e. The number of fused-ring (bicyclic) bond motifs is 2. The van der Waals surface area contributed by atoms with Gasteiger partial charge in [0.15, 0.2) is 6.61 Å². The van der Waals surface area contributed by atoms with Gasteiger partial charge in [0.1, 0.15) is 17.1 Å². The number of nitrogens with one attached hydrogen (secondary N) is 2. The maximum Gasteiger partial charge on any atom is 0.262 e. The molecule has 0 saturated carbocycles. The molecule has 3 aromatic rings. The van der Waals surface area contributed by atoms with E-state index in [1.807, 2.05) is 29.8 Å². The van der Waals surface area contributed by atoms with Crippen molar-refractivity contribution in [2.75, 3.05) is 17.2 Å². The molecule has 4 rings (SSSR count). The molecule has 1 aromatic carbocycles. The van der Waals surface area contributed by atoms with Crippen molar-refractivity contribution in [1.29, 1.82) is 0 Å². The van der Waals surface area contributed by atoms with Gasteiger partial charge >= 0.3 is 0 Å². The minimum atomic E-state index is -0.142. The monoisotopic (exact) mass is 295 g/mol. The summed E-state index contributed by atoms with van der Waals surface area (Å²) in [5, 5.41) is 5.99. The van der Waals surface area contributed by atoms with E-state index < -0.39 is 0 Å². The van der Waals surface area contributed by atoms with Gasteiger partial charge in [-0.2, -0.15) is 0 Å². The molecule has 0 saturated heterocycles. The van der Waals surface area contributed by atoms with Crippen LogP contribution in [0.4, 0.5) is 17.2 Å². The van der Waals surface area contributed by atoms with Gasteiger partial charge in [-0.05, 0) is 12.1 Å². The lowest BCUT2D eigenvalue weighted by Crippen LogP contribution is -2.25. The average Bonchev–Trinajstić information content (AvgIpc) is 2.89. The van der Waals surface area contributed by atoms with Crippen LogP contribution in [0.5, 0.6) is 5.75 Å². The summed E-state index contributed by atoms with van der Waals surface area (Å²) >= 11 is 0. The first-order chi connectivity index (χ1) is 10.7. The third kappa shape index (κ3) is 2.12. The Morgan fingerprint density at radius 1 is 1.32 bits per heavy atom. The lowest BCUT2D eigenvalue weighted by molar-refractivity contribution is -0.118. The van der Waals surface area contributed by atoms with Crippen molar-refractivity contribution in [3.8, 4) is 5.75 Å². The molecule has 1 amide bonds. The highest BCUT2D eigenvalue weighted by molar-refractivity contribution is 5.95. The minimum absolute atomic E-state index is 0.0374. The van der Waals surface area contributed by atoms with Crippen LogP contribution >= 0.6 is 0 Å². The standard InChI is InChI=1S/C15H13N5O2/c1-20-8-17-11-6-16-14(5-12(11)20)18-9-2-3-10-13(4-9)22-7-15(21)19-10/h2-6,8H,7H2,1H3,(H,16,18)(H,19,21). The van der Waals surface area contributed by atoms with Crippen LogP contribution in [0.1, 0.15) is 0 Å². The van der Waals surface area contributed by atoms with Crippen LogP contribution in [0.15, 0.2) is 36.8 Å². The van der Waals surface area contributed by atoms with Crippen molar-refractivity contribution in [3.63, 3.8) is 0 Å². The van der Waals surface area contributed by atoms with Gasteiger partial charge in [-0.25, -0.2) is 9.97 Å². The van der Waals surface area contributed by atoms with E-state index in [-0.39, 0.29) is 12.5 Å². The Bertz CT molecular complexity index is 887. The number of aromatic nitrogens is 3. The van der Waals surface area contributed by atoms with E-state index >= 15 is 0 Å². The molecule has 1 aliphatic heterocycles. The second kappa shape index (κ2) is 4.73. The van der Waals surface area contributed by atoms with Crippen LogP contribution in [0.2, 0.25) is 0 Å². The molecular formula is C15H13N5O2. The Morgan fingerprint density at radius 2 is 2.23 bits per heavy atom. The van der Waals surface area contributed by atoms with Gasteiger partial charge in [-0.1, -0.05) is 0 Å². The smallest absolute Gasteiger partial charge is 0.262 e. The number of rotatable bonds is 2. The fraction of sp³-hybridized carbons (Fsp3) is 0.133. The summed E-state index contributed by atoms with van der Waals surface area (Å²) in [5.74, 6) is 1.22. The number of ether oxygens (including phenoxy) is 1. The quantitative estimate of drug-likeness (QED) is 0.756. The normalized spacial score (nSPS) is 13.4. The molecule has 0 radical (unpaired) electrons. The number of carbonyl (C=O) groups is 1. The molecular weight excluding hydrogens is 282 g/mol. The Kier molecular flexibility index (Phi) is 2.72. The second-order valence-electron chi connectivity index (χ2n) is 5.09. The zero-order valence-corrected chi connectivity index (χ0v) is 11.8. The second-order valence-corrected chi connectivity index (χ2v) is 5.09. The van der Waals surface area contributed by atoms with Crippen LogP contribution in [0.25, 0.3) is 11.0 Å².